The molecule has 120 valence electrons. The lowest BCUT2D eigenvalue weighted by Gasteiger charge is -2.30. The van der Waals surface area contributed by atoms with Gasteiger partial charge in [0.15, 0.2) is 0 Å². The largest absolute Gasteiger partial charge is 0.338 e. The van der Waals surface area contributed by atoms with Crippen LogP contribution >= 0.6 is 28.3 Å². The van der Waals surface area contributed by atoms with E-state index in [2.05, 4.69) is 36.3 Å². The van der Waals surface area contributed by atoms with E-state index in [1.807, 2.05) is 31.3 Å². The quantitative estimate of drug-likeness (QED) is 0.873. The van der Waals surface area contributed by atoms with Crippen LogP contribution in [0, 0.1) is 0 Å². The molecule has 2 heterocycles. The number of likely N-dealkylation sites (tertiary alicyclic amines) is 1. The third-order valence-corrected chi connectivity index (χ3v) is 4.40. The maximum Gasteiger partial charge on any atom is 0.241 e. The van der Waals surface area contributed by atoms with Crippen molar-refractivity contribution in [2.45, 2.75) is 25.4 Å². The minimum atomic E-state index is 0. The van der Waals surface area contributed by atoms with Crippen LogP contribution in [0.4, 0.5) is 0 Å². The Morgan fingerprint density at radius 3 is 2.82 bits per heavy atom. The van der Waals surface area contributed by atoms with Gasteiger partial charge in [0, 0.05) is 29.2 Å². The SMILES string of the molecule is CNC1CCN(Cc2nc(-c3cccc(Br)c3)no2)CC1.Cl. The second-order valence-electron chi connectivity index (χ2n) is 5.36. The number of piperidine rings is 1. The molecule has 0 aliphatic carbocycles. The molecule has 1 aliphatic heterocycles. The van der Waals surface area contributed by atoms with Crippen LogP contribution < -0.4 is 5.32 Å². The Morgan fingerprint density at radius 1 is 1.36 bits per heavy atom. The van der Waals surface area contributed by atoms with E-state index in [0.717, 1.165) is 29.7 Å². The molecule has 0 bridgehead atoms. The summed E-state index contributed by atoms with van der Waals surface area (Å²) in [6, 6.07) is 8.57. The average molecular weight is 388 g/mol. The smallest absolute Gasteiger partial charge is 0.241 e. The second-order valence-corrected chi connectivity index (χ2v) is 6.28. The van der Waals surface area contributed by atoms with Crippen molar-refractivity contribution in [3.05, 3.63) is 34.6 Å². The zero-order valence-electron chi connectivity index (χ0n) is 12.5. The maximum atomic E-state index is 5.38. The first-order chi connectivity index (χ1) is 10.2. The topological polar surface area (TPSA) is 54.2 Å². The van der Waals surface area contributed by atoms with Crippen molar-refractivity contribution in [2.24, 2.45) is 0 Å². The van der Waals surface area contributed by atoms with Crippen molar-refractivity contribution in [2.75, 3.05) is 20.1 Å². The lowest BCUT2D eigenvalue weighted by molar-refractivity contribution is 0.173. The standard InChI is InChI=1S/C15H19BrN4O.ClH/c1-17-13-5-7-20(8-6-13)10-14-18-15(19-21-14)11-3-2-4-12(16)9-11;/h2-4,9,13,17H,5-8,10H2,1H3;1H. The van der Waals surface area contributed by atoms with E-state index in [-0.39, 0.29) is 12.4 Å². The molecule has 7 heteroatoms. The van der Waals surface area contributed by atoms with Crippen LogP contribution in [-0.2, 0) is 6.54 Å². The molecule has 0 radical (unpaired) electrons. The fourth-order valence-corrected chi connectivity index (χ4v) is 3.03. The Labute approximate surface area is 145 Å². The van der Waals surface area contributed by atoms with Gasteiger partial charge in [0.05, 0.1) is 6.54 Å². The van der Waals surface area contributed by atoms with Crippen LogP contribution in [-0.4, -0.2) is 41.2 Å². The molecule has 5 nitrogen and oxygen atoms in total. The number of hydrogen-bond acceptors (Lipinski definition) is 5. The van der Waals surface area contributed by atoms with Gasteiger partial charge < -0.3 is 9.84 Å². The molecular formula is C15H20BrClN4O. The molecule has 1 N–H and O–H groups in total. The molecule has 2 aromatic rings. The molecule has 1 aliphatic rings. The lowest BCUT2D eigenvalue weighted by Crippen LogP contribution is -2.40. The number of aromatic nitrogens is 2. The molecule has 3 rings (SSSR count). The van der Waals surface area contributed by atoms with Crippen LogP contribution in [0.2, 0.25) is 0 Å². The predicted octanol–water partition coefficient (Wildman–Crippen LogP) is 3.10. The third kappa shape index (κ3) is 4.29. The molecule has 1 saturated heterocycles. The maximum absolute atomic E-state index is 5.38. The van der Waals surface area contributed by atoms with Crippen molar-refractivity contribution in [1.29, 1.82) is 0 Å². The van der Waals surface area contributed by atoms with Gasteiger partial charge in [-0.15, -0.1) is 12.4 Å². The summed E-state index contributed by atoms with van der Waals surface area (Å²) in [6.07, 6.45) is 2.34. The molecule has 0 amide bonds. The first kappa shape index (κ1) is 17.4. The number of hydrogen-bond donors (Lipinski definition) is 1. The summed E-state index contributed by atoms with van der Waals surface area (Å²) in [5.74, 6) is 1.34. The summed E-state index contributed by atoms with van der Waals surface area (Å²) in [7, 11) is 2.03. The summed E-state index contributed by atoms with van der Waals surface area (Å²) < 4.78 is 6.40. The van der Waals surface area contributed by atoms with Gasteiger partial charge >= 0.3 is 0 Å². The highest BCUT2D eigenvalue weighted by atomic mass is 79.9. The molecule has 0 atom stereocenters. The summed E-state index contributed by atoms with van der Waals surface area (Å²) >= 11 is 3.46. The fourth-order valence-electron chi connectivity index (χ4n) is 2.63. The summed E-state index contributed by atoms with van der Waals surface area (Å²) in [6.45, 7) is 2.87. The Bertz CT molecular complexity index is 599. The zero-order valence-corrected chi connectivity index (χ0v) is 14.9. The summed E-state index contributed by atoms with van der Waals surface area (Å²) in [5.41, 5.74) is 0.966. The van der Waals surface area contributed by atoms with Crippen LogP contribution in [0.5, 0.6) is 0 Å². The fraction of sp³-hybridized carbons (Fsp3) is 0.467. The van der Waals surface area contributed by atoms with E-state index >= 15 is 0 Å². The minimum Gasteiger partial charge on any atom is -0.338 e. The second kappa shape index (κ2) is 8.06. The molecule has 22 heavy (non-hydrogen) atoms. The number of nitrogens with one attached hydrogen (secondary N) is 1. The highest BCUT2D eigenvalue weighted by Crippen LogP contribution is 2.21. The van der Waals surface area contributed by atoms with Crippen molar-refractivity contribution in [3.63, 3.8) is 0 Å². The van der Waals surface area contributed by atoms with Crippen LogP contribution in [0.1, 0.15) is 18.7 Å². The first-order valence-electron chi connectivity index (χ1n) is 7.23. The Morgan fingerprint density at radius 2 is 2.14 bits per heavy atom. The van der Waals surface area contributed by atoms with Gasteiger partial charge in [0.2, 0.25) is 11.7 Å². The van der Waals surface area contributed by atoms with E-state index in [0.29, 0.717) is 17.8 Å². The van der Waals surface area contributed by atoms with Gasteiger partial charge in [-0.2, -0.15) is 4.98 Å². The van der Waals surface area contributed by atoms with E-state index in [1.165, 1.54) is 12.8 Å². The van der Waals surface area contributed by atoms with E-state index in [4.69, 9.17) is 4.52 Å². The predicted molar refractivity (Wildman–Crippen MR) is 92.0 cm³/mol. The molecule has 0 spiro atoms. The highest BCUT2D eigenvalue weighted by Gasteiger charge is 2.20. The number of benzene rings is 1. The number of rotatable bonds is 4. The van der Waals surface area contributed by atoms with E-state index in [9.17, 15) is 0 Å². The summed E-state index contributed by atoms with van der Waals surface area (Å²) in [4.78, 5) is 6.87. The van der Waals surface area contributed by atoms with Crippen LogP contribution in [0.25, 0.3) is 11.4 Å². The minimum absolute atomic E-state index is 0. The highest BCUT2D eigenvalue weighted by molar-refractivity contribution is 9.10. The molecule has 0 saturated carbocycles. The molecule has 0 unspecified atom stereocenters. The van der Waals surface area contributed by atoms with Crippen molar-refractivity contribution < 1.29 is 4.52 Å². The number of nitrogens with zero attached hydrogens (tertiary/aromatic N) is 3. The van der Waals surface area contributed by atoms with Gasteiger partial charge in [0.25, 0.3) is 0 Å². The number of halogens is 2. The Balaban J connectivity index is 0.00000176. The Kier molecular flexibility index (Phi) is 6.37. The van der Waals surface area contributed by atoms with Gasteiger partial charge in [-0.05, 0) is 32.0 Å². The van der Waals surface area contributed by atoms with Crippen LogP contribution in [0.3, 0.4) is 0 Å². The van der Waals surface area contributed by atoms with E-state index < -0.39 is 0 Å². The van der Waals surface area contributed by atoms with Crippen molar-refractivity contribution in [3.8, 4) is 11.4 Å². The van der Waals surface area contributed by atoms with Gasteiger partial charge in [-0.3, -0.25) is 4.90 Å². The molecule has 1 aromatic carbocycles. The monoisotopic (exact) mass is 386 g/mol. The average Bonchev–Trinajstić information content (AvgIpc) is 2.97. The third-order valence-electron chi connectivity index (χ3n) is 3.91. The van der Waals surface area contributed by atoms with Gasteiger partial charge in [-0.1, -0.05) is 33.2 Å². The lowest BCUT2D eigenvalue weighted by atomic mass is 10.1. The Hall–Kier alpha value is -0.950. The van der Waals surface area contributed by atoms with Crippen molar-refractivity contribution in [1.82, 2.24) is 20.4 Å². The van der Waals surface area contributed by atoms with Crippen molar-refractivity contribution >= 4 is 28.3 Å². The van der Waals surface area contributed by atoms with Gasteiger partial charge in [-0.25, -0.2) is 0 Å². The summed E-state index contributed by atoms with van der Waals surface area (Å²) in [5, 5.41) is 7.41. The van der Waals surface area contributed by atoms with Crippen LogP contribution in [0.15, 0.2) is 33.3 Å². The van der Waals surface area contributed by atoms with Gasteiger partial charge in [0.1, 0.15) is 0 Å². The normalized spacial score (nSPS) is 16.5. The zero-order chi connectivity index (χ0) is 14.7. The first-order valence-corrected chi connectivity index (χ1v) is 8.02. The molecular weight excluding hydrogens is 368 g/mol. The molecule has 1 aromatic heterocycles. The van der Waals surface area contributed by atoms with E-state index in [1.54, 1.807) is 0 Å². The molecule has 1 fully saturated rings.